The molecule has 0 bridgehead atoms. The van der Waals surface area contributed by atoms with E-state index in [1.54, 1.807) is 0 Å². The van der Waals surface area contributed by atoms with Crippen LogP contribution in [0.5, 0.6) is 0 Å². The highest BCUT2D eigenvalue weighted by Crippen LogP contribution is 2.24. The number of benzene rings is 1. The molecule has 3 nitrogen and oxygen atoms in total. The van der Waals surface area contributed by atoms with E-state index in [4.69, 9.17) is 10.8 Å². The number of nitrogens with two attached hydrogens (primary N) is 1. The molecule has 0 aromatic heterocycles. The maximum atomic E-state index is 8.64. The van der Waals surface area contributed by atoms with E-state index >= 15 is 0 Å². The van der Waals surface area contributed by atoms with E-state index in [-0.39, 0.29) is 6.61 Å². The van der Waals surface area contributed by atoms with Crippen molar-refractivity contribution in [2.45, 2.75) is 20.3 Å². The minimum absolute atomic E-state index is 0.206. The van der Waals surface area contributed by atoms with Crippen molar-refractivity contribution in [1.29, 1.82) is 0 Å². The fourth-order valence-electron chi connectivity index (χ4n) is 1.29. The molecule has 0 spiro atoms. The molecule has 0 saturated carbocycles. The Morgan fingerprint density at radius 2 is 2.07 bits per heavy atom. The normalized spacial score (nSPS) is 10.2. The Bertz CT molecular complexity index is 310. The number of rotatable bonds is 4. The number of hydrogen-bond donors (Lipinski definition) is 3. The topological polar surface area (TPSA) is 58.3 Å². The number of anilines is 2. The molecular weight excluding hydrogens is 176 g/mol. The Morgan fingerprint density at radius 3 is 2.71 bits per heavy atom. The molecule has 0 fully saturated rings. The second-order valence-corrected chi connectivity index (χ2v) is 3.47. The molecule has 14 heavy (non-hydrogen) atoms. The molecule has 0 aliphatic carbocycles. The van der Waals surface area contributed by atoms with Crippen molar-refractivity contribution in [3.05, 3.63) is 23.3 Å². The van der Waals surface area contributed by atoms with Crippen LogP contribution in [-0.4, -0.2) is 18.3 Å². The van der Waals surface area contributed by atoms with Gasteiger partial charge in [-0.1, -0.05) is 6.07 Å². The van der Waals surface area contributed by atoms with Gasteiger partial charge >= 0.3 is 0 Å². The van der Waals surface area contributed by atoms with E-state index in [0.717, 1.165) is 29.9 Å². The standard InChI is InChI=1S/C11H18N2O/c1-8-4-5-10(11(12)9(8)2)13-6-3-7-14/h4-5,13-14H,3,6-7,12H2,1-2H3. The number of aryl methyl sites for hydroxylation is 1. The van der Waals surface area contributed by atoms with Crippen molar-refractivity contribution in [2.24, 2.45) is 0 Å². The summed E-state index contributed by atoms with van der Waals surface area (Å²) in [5.74, 6) is 0. The smallest absolute Gasteiger partial charge is 0.0582 e. The Labute approximate surface area is 84.9 Å². The molecule has 1 aromatic carbocycles. The molecule has 0 atom stereocenters. The maximum absolute atomic E-state index is 8.64. The average Bonchev–Trinajstić information content (AvgIpc) is 2.18. The van der Waals surface area contributed by atoms with Crippen LogP contribution in [-0.2, 0) is 0 Å². The summed E-state index contributed by atoms with van der Waals surface area (Å²) in [6.07, 6.45) is 0.742. The van der Waals surface area contributed by atoms with Crippen LogP contribution < -0.4 is 11.1 Å². The summed E-state index contributed by atoms with van der Waals surface area (Å²) in [7, 11) is 0. The van der Waals surface area contributed by atoms with Gasteiger partial charge in [-0.2, -0.15) is 0 Å². The summed E-state index contributed by atoms with van der Waals surface area (Å²) < 4.78 is 0. The van der Waals surface area contributed by atoms with Gasteiger partial charge in [-0.3, -0.25) is 0 Å². The summed E-state index contributed by atoms with van der Waals surface area (Å²) in [5, 5.41) is 11.8. The lowest BCUT2D eigenvalue weighted by atomic mass is 10.1. The van der Waals surface area contributed by atoms with Gasteiger partial charge in [-0.25, -0.2) is 0 Å². The van der Waals surface area contributed by atoms with Gasteiger partial charge in [-0.15, -0.1) is 0 Å². The lowest BCUT2D eigenvalue weighted by Gasteiger charge is -2.12. The van der Waals surface area contributed by atoms with Gasteiger partial charge in [0.25, 0.3) is 0 Å². The summed E-state index contributed by atoms with van der Waals surface area (Å²) in [4.78, 5) is 0. The van der Waals surface area contributed by atoms with Crippen molar-refractivity contribution in [1.82, 2.24) is 0 Å². The molecule has 0 aliphatic heterocycles. The predicted molar refractivity (Wildman–Crippen MR) is 60.5 cm³/mol. The third kappa shape index (κ3) is 2.39. The molecule has 0 unspecified atom stereocenters. The molecule has 78 valence electrons. The fraction of sp³-hybridized carbons (Fsp3) is 0.455. The van der Waals surface area contributed by atoms with E-state index < -0.39 is 0 Å². The highest BCUT2D eigenvalue weighted by molar-refractivity contribution is 5.71. The Hall–Kier alpha value is -1.22. The molecule has 0 radical (unpaired) electrons. The summed E-state index contributed by atoms with van der Waals surface area (Å²) in [6, 6.07) is 4.03. The number of aliphatic hydroxyl groups excluding tert-OH is 1. The summed E-state index contributed by atoms with van der Waals surface area (Å²) in [5.41, 5.74) is 10.0. The van der Waals surface area contributed by atoms with Crippen LogP contribution in [0, 0.1) is 13.8 Å². The van der Waals surface area contributed by atoms with Crippen LogP contribution in [0.25, 0.3) is 0 Å². The van der Waals surface area contributed by atoms with Gasteiger partial charge in [0.2, 0.25) is 0 Å². The molecule has 0 aliphatic rings. The largest absolute Gasteiger partial charge is 0.397 e. The molecule has 0 saturated heterocycles. The van der Waals surface area contributed by atoms with Gasteiger partial charge in [-0.05, 0) is 37.5 Å². The zero-order valence-electron chi connectivity index (χ0n) is 8.80. The van der Waals surface area contributed by atoms with Gasteiger partial charge in [0.15, 0.2) is 0 Å². The third-order valence-electron chi connectivity index (χ3n) is 2.44. The number of hydrogen-bond acceptors (Lipinski definition) is 3. The van der Waals surface area contributed by atoms with Gasteiger partial charge in [0, 0.05) is 13.2 Å². The van der Waals surface area contributed by atoms with Crippen LogP contribution in [0.4, 0.5) is 11.4 Å². The molecule has 4 N–H and O–H groups in total. The first kappa shape index (κ1) is 10.9. The van der Waals surface area contributed by atoms with Crippen LogP contribution in [0.15, 0.2) is 12.1 Å². The van der Waals surface area contributed by atoms with Gasteiger partial charge < -0.3 is 16.2 Å². The number of aliphatic hydroxyl groups is 1. The Kier molecular flexibility index (Phi) is 3.77. The van der Waals surface area contributed by atoms with Crippen LogP contribution in [0.3, 0.4) is 0 Å². The fourth-order valence-corrected chi connectivity index (χ4v) is 1.29. The third-order valence-corrected chi connectivity index (χ3v) is 2.44. The minimum atomic E-state index is 0.206. The van der Waals surface area contributed by atoms with E-state index in [1.165, 1.54) is 5.56 Å². The van der Waals surface area contributed by atoms with Crippen LogP contribution >= 0.6 is 0 Å². The molecule has 3 heteroatoms. The van der Waals surface area contributed by atoms with Crippen LogP contribution in [0.2, 0.25) is 0 Å². The lowest BCUT2D eigenvalue weighted by molar-refractivity contribution is 0.292. The zero-order chi connectivity index (χ0) is 10.6. The van der Waals surface area contributed by atoms with Crippen molar-refractivity contribution >= 4 is 11.4 Å². The Balaban J connectivity index is 2.73. The maximum Gasteiger partial charge on any atom is 0.0582 e. The number of nitrogens with one attached hydrogen (secondary N) is 1. The van der Waals surface area contributed by atoms with Crippen LogP contribution in [0.1, 0.15) is 17.5 Å². The minimum Gasteiger partial charge on any atom is -0.397 e. The van der Waals surface area contributed by atoms with Crippen molar-refractivity contribution in [3.63, 3.8) is 0 Å². The second kappa shape index (κ2) is 4.86. The molecule has 1 aromatic rings. The zero-order valence-corrected chi connectivity index (χ0v) is 8.80. The van der Waals surface area contributed by atoms with E-state index in [1.807, 2.05) is 26.0 Å². The van der Waals surface area contributed by atoms with E-state index in [0.29, 0.717) is 0 Å². The van der Waals surface area contributed by atoms with Gasteiger partial charge in [0.05, 0.1) is 11.4 Å². The SMILES string of the molecule is Cc1ccc(NCCCO)c(N)c1C. The first-order chi connectivity index (χ1) is 6.66. The lowest BCUT2D eigenvalue weighted by Crippen LogP contribution is -2.07. The summed E-state index contributed by atoms with van der Waals surface area (Å²) in [6.45, 7) is 5.02. The quantitative estimate of drug-likeness (QED) is 0.505. The first-order valence-electron chi connectivity index (χ1n) is 4.87. The summed E-state index contributed by atoms with van der Waals surface area (Å²) >= 11 is 0. The highest BCUT2D eigenvalue weighted by atomic mass is 16.3. The van der Waals surface area contributed by atoms with E-state index in [2.05, 4.69) is 5.32 Å². The van der Waals surface area contributed by atoms with Gasteiger partial charge in [0.1, 0.15) is 0 Å². The molecule has 0 heterocycles. The average molecular weight is 194 g/mol. The first-order valence-corrected chi connectivity index (χ1v) is 4.87. The monoisotopic (exact) mass is 194 g/mol. The van der Waals surface area contributed by atoms with Crippen molar-refractivity contribution < 1.29 is 5.11 Å². The van der Waals surface area contributed by atoms with E-state index in [9.17, 15) is 0 Å². The molecule has 0 amide bonds. The number of nitrogen functional groups attached to an aromatic ring is 1. The van der Waals surface area contributed by atoms with Crippen molar-refractivity contribution in [2.75, 3.05) is 24.2 Å². The highest BCUT2D eigenvalue weighted by Gasteiger charge is 2.03. The molecule has 1 rings (SSSR count). The Morgan fingerprint density at radius 1 is 1.36 bits per heavy atom. The van der Waals surface area contributed by atoms with Crippen molar-refractivity contribution in [3.8, 4) is 0 Å². The molecular formula is C11H18N2O. The predicted octanol–water partition coefficient (Wildman–Crippen LogP) is 1.68. The second-order valence-electron chi connectivity index (χ2n) is 3.47.